The van der Waals surface area contributed by atoms with Crippen molar-refractivity contribution in [2.75, 3.05) is 31.8 Å². The van der Waals surface area contributed by atoms with E-state index in [4.69, 9.17) is 25.8 Å². The number of amides is 3. The van der Waals surface area contributed by atoms with Gasteiger partial charge >= 0.3 is 5.97 Å². The van der Waals surface area contributed by atoms with Gasteiger partial charge in [0.2, 0.25) is 11.8 Å². The smallest absolute Gasteiger partial charge is 0.313 e. The highest BCUT2D eigenvalue weighted by Crippen LogP contribution is 2.61. The highest BCUT2D eigenvalue weighted by molar-refractivity contribution is 9.09. The van der Waals surface area contributed by atoms with Crippen LogP contribution in [0.15, 0.2) is 79.9 Å². The van der Waals surface area contributed by atoms with E-state index in [9.17, 15) is 19.5 Å². The Morgan fingerprint density at radius 1 is 1.17 bits per heavy atom. The molecule has 53 heavy (non-hydrogen) atoms. The molecule has 13 heteroatoms. The number of aliphatic hydroxyl groups excluding tert-OH is 1. The number of hydrogen-bond acceptors (Lipinski definition) is 8. The molecule has 2 aromatic carbocycles. The monoisotopic (exact) mass is 813 g/mol. The fraction of sp³-hybridized carbons (Fsp3) is 0.500. The molecule has 3 heterocycles. The van der Waals surface area contributed by atoms with Crippen molar-refractivity contribution >= 4 is 56.9 Å². The van der Waals surface area contributed by atoms with E-state index in [0.29, 0.717) is 29.1 Å². The van der Waals surface area contributed by atoms with Crippen LogP contribution in [0, 0.1) is 17.8 Å². The first-order valence-electron chi connectivity index (χ1n) is 18.0. The first-order valence-corrected chi connectivity index (χ1v) is 19.3. The second kappa shape index (κ2) is 17.7. The molecule has 0 aliphatic carbocycles. The highest BCUT2D eigenvalue weighted by atomic mass is 79.9. The van der Waals surface area contributed by atoms with Gasteiger partial charge in [0, 0.05) is 35.6 Å². The minimum Gasteiger partial charge on any atom is -0.455 e. The summed E-state index contributed by atoms with van der Waals surface area (Å²) in [4.78, 5) is 60.2. The third-order valence-corrected chi connectivity index (χ3v) is 11.9. The molecule has 2 bridgehead atoms. The molecule has 2 aromatic rings. The van der Waals surface area contributed by atoms with Crippen molar-refractivity contribution in [1.29, 1.82) is 0 Å². The second-order valence-corrected chi connectivity index (χ2v) is 15.6. The second-order valence-electron chi connectivity index (χ2n) is 14.0. The lowest BCUT2D eigenvalue weighted by molar-refractivity contribution is -0.163. The molecule has 0 saturated carbocycles. The van der Waals surface area contributed by atoms with Crippen LogP contribution in [0.3, 0.4) is 0 Å². The van der Waals surface area contributed by atoms with E-state index in [2.05, 4.69) is 34.4 Å². The predicted octanol–water partition coefficient (Wildman–Crippen LogP) is 5.40. The Labute approximate surface area is 324 Å². The van der Waals surface area contributed by atoms with Gasteiger partial charge in [-0.1, -0.05) is 90.3 Å². The van der Waals surface area contributed by atoms with Crippen molar-refractivity contribution < 1.29 is 38.5 Å². The summed E-state index contributed by atoms with van der Waals surface area (Å²) in [7, 11) is 1.49. The van der Waals surface area contributed by atoms with Crippen LogP contribution in [0.1, 0.15) is 51.2 Å². The first-order chi connectivity index (χ1) is 25.5. The van der Waals surface area contributed by atoms with Gasteiger partial charge in [-0.3, -0.25) is 19.2 Å². The number of aliphatic hydroxyl groups is 1. The number of halogens is 2. The maximum Gasteiger partial charge on any atom is 0.313 e. The Kier molecular flexibility index (Phi) is 13.6. The highest BCUT2D eigenvalue weighted by Gasteiger charge is 2.78. The average molecular weight is 815 g/mol. The van der Waals surface area contributed by atoms with Crippen LogP contribution in [0.4, 0.5) is 5.69 Å². The van der Waals surface area contributed by atoms with Crippen molar-refractivity contribution in [1.82, 2.24) is 10.2 Å². The van der Waals surface area contributed by atoms with Crippen molar-refractivity contribution in [3.8, 4) is 0 Å². The third-order valence-electron chi connectivity index (χ3n) is 10.8. The number of methoxy groups -OCH3 is 1. The molecule has 0 aromatic heterocycles. The number of carbonyl (C=O) groups is 4. The summed E-state index contributed by atoms with van der Waals surface area (Å²) in [5, 5.41) is 14.2. The molecule has 3 aliphatic heterocycles. The largest absolute Gasteiger partial charge is 0.455 e. The van der Waals surface area contributed by atoms with Crippen LogP contribution < -0.4 is 10.2 Å². The van der Waals surface area contributed by atoms with Gasteiger partial charge in [-0.05, 0) is 48.6 Å². The Balaban J connectivity index is 1.57. The van der Waals surface area contributed by atoms with E-state index in [1.165, 1.54) is 16.9 Å². The van der Waals surface area contributed by atoms with Gasteiger partial charge < -0.3 is 34.4 Å². The lowest BCUT2D eigenvalue weighted by atomic mass is 9.70. The number of benzene rings is 2. The van der Waals surface area contributed by atoms with Gasteiger partial charge in [0.05, 0.1) is 43.2 Å². The quantitative estimate of drug-likeness (QED) is 0.116. The maximum absolute atomic E-state index is 15.0. The van der Waals surface area contributed by atoms with Gasteiger partial charge in [0.15, 0.2) is 0 Å². The number of rotatable bonds is 18. The lowest BCUT2D eigenvalue weighted by Gasteiger charge is -2.41. The number of ether oxygens (including phenoxy) is 3. The first kappa shape index (κ1) is 40.6. The van der Waals surface area contributed by atoms with Crippen LogP contribution in [0.5, 0.6) is 0 Å². The van der Waals surface area contributed by atoms with Gasteiger partial charge in [-0.25, -0.2) is 0 Å². The molecule has 3 aliphatic rings. The zero-order chi connectivity index (χ0) is 38.4. The standard InChI is InChI=1S/C40H49BrClN3O8/c1-6-9-15-31(47)43-29(23-51-5)34(25-13-11-10-12-14-25)52-39(50)32-33-37(48)45(30(22-46)24(4)8-3)36(40(33)21-28(41)35(32)53-40)38(49)44(20-7-2)27-18-16-26(42)17-19-27/h6-7,10-14,16-19,24,28-30,32-36,46H,1-2,8-9,15,20-23H2,3-5H3,(H,43,47)/t24-,28?,29-,30-,32-,33+,34-,35-,36-,40+/m0/s1. The predicted molar refractivity (Wildman–Crippen MR) is 205 cm³/mol. The molecular weight excluding hydrogens is 766 g/mol. The number of carbonyl (C=O) groups excluding carboxylic acids is 4. The third kappa shape index (κ3) is 7.98. The van der Waals surface area contributed by atoms with Crippen molar-refractivity contribution in [3.05, 3.63) is 90.5 Å². The van der Waals surface area contributed by atoms with Gasteiger partial charge in [-0.2, -0.15) is 0 Å². The van der Waals surface area contributed by atoms with E-state index in [1.54, 1.807) is 60.7 Å². The van der Waals surface area contributed by atoms with Crippen LogP contribution >= 0.6 is 27.5 Å². The van der Waals surface area contributed by atoms with Gasteiger partial charge in [0.25, 0.3) is 5.91 Å². The Morgan fingerprint density at radius 3 is 2.47 bits per heavy atom. The summed E-state index contributed by atoms with van der Waals surface area (Å²) in [5.41, 5.74) is -0.260. The van der Waals surface area contributed by atoms with E-state index in [-0.39, 0.29) is 37.8 Å². The average Bonchev–Trinajstić information content (AvgIpc) is 3.75. The normalized spacial score (nSPS) is 26.6. The molecule has 1 spiro atoms. The van der Waals surface area contributed by atoms with Crippen molar-refractivity contribution in [2.24, 2.45) is 17.8 Å². The fourth-order valence-corrected chi connectivity index (χ4v) is 9.20. The number of anilines is 1. The number of nitrogens with zero attached hydrogens (tertiary/aromatic N) is 2. The van der Waals surface area contributed by atoms with E-state index in [1.807, 2.05) is 19.9 Å². The molecule has 1 unspecified atom stereocenters. The summed E-state index contributed by atoms with van der Waals surface area (Å²) in [5.74, 6) is -4.23. The lowest BCUT2D eigenvalue weighted by Crippen LogP contribution is -2.60. The molecule has 11 nitrogen and oxygen atoms in total. The summed E-state index contributed by atoms with van der Waals surface area (Å²) in [6, 6.07) is 13.1. The minimum absolute atomic E-state index is 0.0336. The number of hydrogen-bond donors (Lipinski definition) is 2. The van der Waals surface area contributed by atoms with Crippen molar-refractivity contribution in [2.45, 2.75) is 80.3 Å². The zero-order valence-electron chi connectivity index (χ0n) is 30.4. The zero-order valence-corrected chi connectivity index (χ0v) is 32.7. The Hall–Kier alpha value is -3.55. The molecule has 0 radical (unpaired) electrons. The van der Waals surface area contributed by atoms with Crippen LogP contribution in [-0.4, -0.2) is 95.2 Å². The molecule has 3 fully saturated rings. The molecule has 2 N–H and O–H groups in total. The number of esters is 1. The van der Waals surface area contributed by atoms with Crippen molar-refractivity contribution in [3.63, 3.8) is 0 Å². The van der Waals surface area contributed by atoms with Crippen LogP contribution in [0.25, 0.3) is 0 Å². The number of likely N-dealkylation sites (tertiary alicyclic amines) is 1. The molecule has 3 saturated heterocycles. The Bertz CT molecular complexity index is 1650. The molecule has 3 amide bonds. The van der Waals surface area contributed by atoms with E-state index in [0.717, 1.165) is 0 Å². The number of nitrogens with one attached hydrogen (secondary N) is 1. The molecule has 10 atom stereocenters. The molecule has 5 rings (SSSR count). The minimum atomic E-state index is -1.42. The van der Waals surface area contributed by atoms with Gasteiger partial charge in [0.1, 0.15) is 17.7 Å². The Morgan fingerprint density at radius 2 is 1.87 bits per heavy atom. The summed E-state index contributed by atoms with van der Waals surface area (Å²) in [6.45, 7) is 11.2. The summed E-state index contributed by atoms with van der Waals surface area (Å²) < 4.78 is 18.6. The molecule has 286 valence electrons. The number of allylic oxidation sites excluding steroid dienone is 1. The summed E-state index contributed by atoms with van der Waals surface area (Å²) >= 11 is 9.93. The summed E-state index contributed by atoms with van der Waals surface area (Å²) in [6.07, 6.45) is 3.00. The van der Waals surface area contributed by atoms with Crippen LogP contribution in [-0.2, 0) is 33.4 Å². The number of fused-ring (bicyclic) bond motifs is 1. The van der Waals surface area contributed by atoms with E-state index < -0.39 is 77.0 Å². The molecular formula is C40H49BrClN3O8. The SMILES string of the molecule is C=CCCC(=O)N[C@@H](COC)[C@@H](OC(=O)[C@@H]1[C@H]2O[C@@]3(CC2Br)[C@H](C(=O)N(CC=C)c2ccc(Cl)cc2)N([C@@H](CO)[C@@H](C)CC)C(=O)[C@@H]13)c1ccccc1. The topological polar surface area (TPSA) is 135 Å². The maximum atomic E-state index is 15.0. The van der Waals surface area contributed by atoms with Crippen LogP contribution in [0.2, 0.25) is 5.02 Å². The van der Waals surface area contributed by atoms with Gasteiger partial charge in [-0.15, -0.1) is 13.2 Å². The fourth-order valence-electron chi connectivity index (χ4n) is 8.13. The van der Waals surface area contributed by atoms with E-state index >= 15 is 4.79 Å². The number of alkyl halides is 1.